The monoisotopic (exact) mass is 410 g/mol. The maximum Gasteiger partial charge on any atom is 0.353 e. The number of amides is 1. The number of carbonyl (C=O) groups is 2. The van der Waals surface area contributed by atoms with Crippen molar-refractivity contribution in [3.8, 4) is 22.6 Å². The summed E-state index contributed by atoms with van der Waals surface area (Å²) in [5, 5.41) is 14.4. The molecule has 0 bridgehead atoms. The Hall–Kier alpha value is -3.95. The van der Waals surface area contributed by atoms with Gasteiger partial charge in [-0.1, -0.05) is 0 Å². The van der Waals surface area contributed by atoms with E-state index in [-0.39, 0.29) is 41.2 Å². The topological polar surface area (TPSA) is 105 Å². The number of rotatable bonds is 2. The number of fused-ring (bicyclic) bond motifs is 6. The molecule has 1 amide bonds. The summed E-state index contributed by atoms with van der Waals surface area (Å²) < 4.78 is 28.3. The first-order chi connectivity index (χ1) is 14.3. The highest BCUT2D eigenvalue weighted by atomic mass is 19.1. The Balaban J connectivity index is 1.87. The van der Waals surface area contributed by atoms with Crippen LogP contribution in [0.1, 0.15) is 12.8 Å². The Morgan fingerprint density at radius 2 is 1.77 bits per heavy atom. The molecule has 30 heavy (non-hydrogen) atoms. The van der Waals surface area contributed by atoms with E-state index in [1.807, 2.05) is 0 Å². The van der Waals surface area contributed by atoms with Crippen LogP contribution in [0.3, 0.4) is 0 Å². The van der Waals surface area contributed by atoms with Crippen LogP contribution in [-0.4, -0.2) is 31.7 Å². The van der Waals surface area contributed by atoms with Crippen molar-refractivity contribution in [1.29, 1.82) is 0 Å². The van der Waals surface area contributed by atoms with Gasteiger partial charge >= 0.3 is 5.97 Å². The van der Waals surface area contributed by atoms with Gasteiger partial charge in [0.25, 0.3) is 5.56 Å². The summed E-state index contributed by atoms with van der Waals surface area (Å²) in [4.78, 5) is 42.8. The average Bonchev–Trinajstić information content (AvgIpc) is 3.07. The number of benzene rings is 2. The first kappa shape index (κ1) is 18.1. The van der Waals surface area contributed by atoms with E-state index < -0.39 is 34.7 Å². The van der Waals surface area contributed by atoms with Gasteiger partial charge in [-0.25, -0.2) is 18.3 Å². The lowest BCUT2D eigenvalue weighted by molar-refractivity contribution is -0.148. The lowest BCUT2D eigenvalue weighted by Crippen LogP contribution is -2.58. The van der Waals surface area contributed by atoms with Gasteiger partial charge in [0, 0.05) is 24.0 Å². The Bertz CT molecular complexity index is 1310. The Labute approximate surface area is 167 Å². The van der Waals surface area contributed by atoms with Crippen LogP contribution in [0.5, 0.6) is 0 Å². The molecule has 2 aliphatic heterocycles. The SMILES string of the molecule is O=C1CC[C@]2(C(=O)O)N1c1cc(F)ccc1-c1nc(=O)c(-c3ccc(F)cc3)nn12. The van der Waals surface area contributed by atoms with Gasteiger partial charge in [-0.15, -0.1) is 0 Å². The molecule has 2 aliphatic rings. The van der Waals surface area contributed by atoms with Crippen LogP contribution in [0.25, 0.3) is 22.6 Å². The van der Waals surface area contributed by atoms with Crippen LogP contribution >= 0.6 is 0 Å². The normalized spacial score (nSPS) is 19.3. The fourth-order valence-corrected chi connectivity index (χ4v) is 4.03. The van der Waals surface area contributed by atoms with Crippen LogP contribution in [0.2, 0.25) is 0 Å². The molecule has 10 heteroatoms. The van der Waals surface area contributed by atoms with E-state index in [9.17, 15) is 28.3 Å². The fourth-order valence-electron chi connectivity index (χ4n) is 4.03. The van der Waals surface area contributed by atoms with Gasteiger partial charge in [0.2, 0.25) is 11.6 Å². The van der Waals surface area contributed by atoms with Crippen molar-refractivity contribution >= 4 is 17.6 Å². The minimum absolute atomic E-state index is 0.0168. The van der Waals surface area contributed by atoms with Crippen LogP contribution in [-0.2, 0) is 15.3 Å². The molecule has 0 spiro atoms. The van der Waals surface area contributed by atoms with Crippen LogP contribution in [0.4, 0.5) is 14.5 Å². The van der Waals surface area contributed by atoms with E-state index >= 15 is 0 Å². The van der Waals surface area contributed by atoms with Gasteiger partial charge in [0.1, 0.15) is 11.6 Å². The van der Waals surface area contributed by atoms with E-state index in [1.165, 1.54) is 18.2 Å². The summed E-state index contributed by atoms with van der Waals surface area (Å²) in [6, 6.07) is 8.40. The summed E-state index contributed by atoms with van der Waals surface area (Å²) in [7, 11) is 0. The number of aliphatic carboxylic acids is 1. The van der Waals surface area contributed by atoms with Crippen LogP contribution in [0.15, 0.2) is 47.3 Å². The highest BCUT2D eigenvalue weighted by molar-refractivity contribution is 6.07. The number of hydrogen-bond donors (Lipinski definition) is 1. The average molecular weight is 410 g/mol. The van der Waals surface area contributed by atoms with Crippen LogP contribution in [0, 0.1) is 11.6 Å². The third kappa shape index (κ3) is 2.27. The number of carbonyl (C=O) groups excluding carboxylic acids is 1. The minimum atomic E-state index is -2.00. The number of anilines is 1. The van der Waals surface area contributed by atoms with Crippen molar-refractivity contribution < 1.29 is 23.5 Å². The molecule has 1 fully saturated rings. The molecule has 1 N–H and O–H groups in total. The standard InChI is InChI=1S/C20H12F2N4O4/c21-11-3-1-10(2-4-11)16-18(28)23-17-13-6-5-12(22)9-14(13)25-15(27)7-8-20(25,19(29)30)26(17)24-16/h1-6,9H,7-8H2,(H,29,30)/t20-/m0/s1. The molecular weight excluding hydrogens is 398 g/mol. The third-order valence-corrected chi connectivity index (χ3v) is 5.37. The molecule has 1 saturated heterocycles. The van der Waals surface area contributed by atoms with Gasteiger partial charge in [0.05, 0.1) is 5.69 Å². The quantitative estimate of drug-likeness (QED) is 0.694. The first-order valence-corrected chi connectivity index (χ1v) is 8.97. The molecule has 8 nitrogen and oxygen atoms in total. The highest BCUT2D eigenvalue weighted by Gasteiger charge is 2.58. The summed E-state index contributed by atoms with van der Waals surface area (Å²) in [5.41, 5.74) is -2.49. The molecule has 0 radical (unpaired) electrons. The van der Waals surface area contributed by atoms with Crippen LogP contribution < -0.4 is 10.5 Å². The van der Waals surface area contributed by atoms with Gasteiger partial charge in [-0.05, 0) is 42.5 Å². The van der Waals surface area contributed by atoms with Crippen molar-refractivity contribution in [3.63, 3.8) is 0 Å². The predicted octanol–water partition coefficient (Wildman–Crippen LogP) is 2.13. The molecule has 150 valence electrons. The van der Waals surface area contributed by atoms with Crippen molar-refractivity contribution in [2.45, 2.75) is 18.5 Å². The van der Waals surface area contributed by atoms with Crippen molar-refractivity contribution in [2.75, 3.05) is 4.90 Å². The molecule has 0 aliphatic carbocycles. The van der Waals surface area contributed by atoms with Gasteiger partial charge < -0.3 is 5.11 Å². The minimum Gasteiger partial charge on any atom is -0.478 e. The van der Waals surface area contributed by atoms with E-state index in [0.29, 0.717) is 0 Å². The van der Waals surface area contributed by atoms with Crippen molar-refractivity contribution in [3.05, 3.63) is 64.5 Å². The summed E-state index contributed by atoms with van der Waals surface area (Å²) in [5.74, 6) is -3.19. The molecule has 1 atom stereocenters. The molecule has 3 aromatic rings. The zero-order chi connectivity index (χ0) is 21.2. The number of hydrogen-bond acceptors (Lipinski definition) is 5. The largest absolute Gasteiger partial charge is 0.478 e. The molecule has 1 aromatic heterocycles. The Morgan fingerprint density at radius 3 is 2.47 bits per heavy atom. The van der Waals surface area contributed by atoms with E-state index in [1.54, 1.807) is 0 Å². The first-order valence-electron chi connectivity index (χ1n) is 8.97. The number of halogens is 2. The van der Waals surface area contributed by atoms with Crippen molar-refractivity contribution in [2.24, 2.45) is 0 Å². The van der Waals surface area contributed by atoms with E-state index in [4.69, 9.17) is 0 Å². The maximum atomic E-state index is 14.0. The molecular formula is C20H12F2N4O4. The summed E-state index contributed by atoms with van der Waals surface area (Å²) in [6.07, 6.45) is -0.258. The Morgan fingerprint density at radius 1 is 1.07 bits per heavy atom. The second-order valence-electron chi connectivity index (χ2n) is 7.02. The molecule has 3 heterocycles. The smallest absolute Gasteiger partial charge is 0.353 e. The predicted molar refractivity (Wildman–Crippen MR) is 99.4 cm³/mol. The Kier molecular flexibility index (Phi) is 3.63. The third-order valence-electron chi connectivity index (χ3n) is 5.37. The number of aromatic nitrogens is 3. The lowest BCUT2D eigenvalue weighted by Gasteiger charge is -2.41. The van der Waals surface area contributed by atoms with E-state index in [0.717, 1.165) is 33.8 Å². The zero-order valence-corrected chi connectivity index (χ0v) is 15.2. The number of nitrogens with zero attached hydrogens (tertiary/aromatic N) is 4. The zero-order valence-electron chi connectivity index (χ0n) is 15.2. The lowest BCUT2D eigenvalue weighted by atomic mass is 10.00. The second-order valence-corrected chi connectivity index (χ2v) is 7.02. The second kappa shape index (κ2) is 6.02. The van der Waals surface area contributed by atoms with Gasteiger partial charge in [-0.3, -0.25) is 14.5 Å². The summed E-state index contributed by atoms with van der Waals surface area (Å²) >= 11 is 0. The van der Waals surface area contributed by atoms with Crippen molar-refractivity contribution in [1.82, 2.24) is 14.8 Å². The molecule has 5 rings (SSSR count). The number of carboxylic acids is 1. The highest BCUT2D eigenvalue weighted by Crippen LogP contribution is 2.48. The van der Waals surface area contributed by atoms with E-state index in [2.05, 4.69) is 10.1 Å². The molecule has 0 saturated carbocycles. The van der Waals surface area contributed by atoms with Gasteiger partial charge in [-0.2, -0.15) is 10.1 Å². The molecule has 2 aromatic carbocycles. The molecule has 0 unspecified atom stereocenters. The maximum absolute atomic E-state index is 14.0. The fraction of sp³-hybridized carbons (Fsp3) is 0.150. The summed E-state index contributed by atoms with van der Waals surface area (Å²) in [6.45, 7) is 0. The van der Waals surface area contributed by atoms with Gasteiger partial charge in [0.15, 0.2) is 11.5 Å². The number of carboxylic acid groups (broad SMARTS) is 1.